The lowest BCUT2D eigenvalue weighted by Gasteiger charge is -2.33. The summed E-state index contributed by atoms with van der Waals surface area (Å²) in [5.41, 5.74) is 1.62. The normalized spacial score (nSPS) is 14.8. The summed E-state index contributed by atoms with van der Waals surface area (Å²) in [6, 6.07) is 12.7. The number of carbonyl (C=O) groups is 1. The number of ether oxygens (including phenoxy) is 1. The van der Waals surface area contributed by atoms with Crippen LogP contribution in [0.5, 0.6) is 5.75 Å². The van der Waals surface area contributed by atoms with Crippen molar-refractivity contribution >= 4 is 35.2 Å². The summed E-state index contributed by atoms with van der Waals surface area (Å²) in [4.78, 5) is 21.0. The molecule has 0 unspecified atom stereocenters. The van der Waals surface area contributed by atoms with Crippen molar-refractivity contribution in [3.05, 3.63) is 70.0 Å². The molecule has 4 rings (SSSR count). The molecule has 0 bridgehead atoms. The van der Waals surface area contributed by atoms with Crippen molar-refractivity contribution in [3.8, 4) is 17.1 Å². The Morgan fingerprint density at radius 3 is 2.56 bits per heavy atom. The molecule has 32 heavy (non-hydrogen) atoms. The second kappa shape index (κ2) is 10.2. The summed E-state index contributed by atoms with van der Waals surface area (Å²) in [6.07, 6.45) is 3.26. The number of rotatable bonds is 6. The monoisotopic (exact) mass is 472 g/mol. The van der Waals surface area contributed by atoms with Gasteiger partial charge < -0.3 is 14.2 Å². The minimum atomic E-state index is -0.0461. The third-order valence-corrected chi connectivity index (χ3v) is 5.79. The maximum absolute atomic E-state index is 12.5. The molecular formula is C23H22Cl2N4O3. The molecule has 9 heteroatoms. The van der Waals surface area contributed by atoms with Gasteiger partial charge in [-0.25, -0.2) is 0 Å². The predicted octanol–water partition coefficient (Wildman–Crippen LogP) is 4.41. The van der Waals surface area contributed by atoms with Crippen LogP contribution in [0.3, 0.4) is 0 Å². The number of piperazine rings is 1. The van der Waals surface area contributed by atoms with Crippen LogP contribution in [0.15, 0.2) is 53.1 Å². The average Bonchev–Trinajstić information content (AvgIpc) is 3.27. The number of aromatic nitrogens is 2. The van der Waals surface area contributed by atoms with Gasteiger partial charge in [0.05, 0.1) is 13.7 Å². The van der Waals surface area contributed by atoms with Crippen molar-refractivity contribution in [1.82, 2.24) is 19.9 Å². The summed E-state index contributed by atoms with van der Waals surface area (Å²) in [5.74, 6) is 1.82. The third-order valence-electron chi connectivity index (χ3n) is 5.23. The number of methoxy groups -OCH3 is 1. The summed E-state index contributed by atoms with van der Waals surface area (Å²) < 4.78 is 10.6. The number of nitrogens with zero attached hydrogens (tertiary/aromatic N) is 4. The van der Waals surface area contributed by atoms with Gasteiger partial charge >= 0.3 is 0 Å². The van der Waals surface area contributed by atoms with Crippen molar-refractivity contribution in [3.63, 3.8) is 0 Å². The van der Waals surface area contributed by atoms with E-state index < -0.39 is 0 Å². The van der Waals surface area contributed by atoms with Crippen LogP contribution < -0.4 is 4.74 Å². The van der Waals surface area contributed by atoms with Gasteiger partial charge in [0, 0.05) is 47.9 Å². The van der Waals surface area contributed by atoms with E-state index in [0.29, 0.717) is 41.4 Å². The Kier molecular flexibility index (Phi) is 7.09. The summed E-state index contributed by atoms with van der Waals surface area (Å²) in [7, 11) is 1.63. The van der Waals surface area contributed by atoms with E-state index in [-0.39, 0.29) is 5.91 Å². The van der Waals surface area contributed by atoms with Gasteiger partial charge in [-0.3, -0.25) is 9.69 Å². The van der Waals surface area contributed by atoms with E-state index in [1.807, 2.05) is 29.2 Å². The summed E-state index contributed by atoms with van der Waals surface area (Å²) >= 11 is 12.1. The second-order valence-corrected chi connectivity index (χ2v) is 8.18. The molecule has 0 radical (unpaired) electrons. The minimum Gasteiger partial charge on any atom is -0.497 e. The van der Waals surface area contributed by atoms with Gasteiger partial charge in [0.25, 0.3) is 0 Å². The van der Waals surface area contributed by atoms with Gasteiger partial charge in [0.15, 0.2) is 0 Å². The van der Waals surface area contributed by atoms with Crippen LogP contribution in [0.25, 0.3) is 17.5 Å². The van der Waals surface area contributed by atoms with E-state index in [1.165, 1.54) is 0 Å². The van der Waals surface area contributed by atoms with E-state index in [9.17, 15) is 4.79 Å². The first-order chi connectivity index (χ1) is 15.5. The molecule has 7 nitrogen and oxygen atoms in total. The first kappa shape index (κ1) is 22.3. The van der Waals surface area contributed by atoms with Gasteiger partial charge in [0.2, 0.25) is 17.6 Å². The minimum absolute atomic E-state index is 0.0461. The van der Waals surface area contributed by atoms with Crippen molar-refractivity contribution in [1.29, 1.82) is 0 Å². The molecule has 1 fully saturated rings. The topological polar surface area (TPSA) is 71.7 Å². The fraction of sp³-hybridized carbons (Fsp3) is 0.261. The standard InChI is InChI=1S/C23H22Cl2N4O3/c1-31-19-7-3-17(4-8-19)23-26-21(32-27-23)15-28-10-12-29(13-11-28)22(30)9-5-16-2-6-18(24)14-20(16)25/h2-9,14H,10-13,15H2,1H3. The lowest BCUT2D eigenvalue weighted by atomic mass is 10.2. The van der Waals surface area contributed by atoms with E-state index in [0.717, 1.165) is 30.0 Å². The molecule has 0 N–H and O–H groups in total. The van der Waals surface area contributed by atoms with Crippen LogP contribution in [-0.2, 0) is 11.3 Å². The quantitative estimate of drug-likeness (QED) is 0.494. The third kappa shape index (κ3) is 5.48. The Hall–Kier alpha value is -2.87. The number of amides is 1. The summed E-state index contributed by atoms with van der Waals surface area (Å²) in [6.45, 7) is 3.23. The highest BCUT2D eigenvalue weighted by Gasteiger charge is 2.21. The Bertz CT molecular complexity index is 1110. The maximum Gasteiger partial charge on any atom is 0.246 e. The second-order valence-electron chi connectivity index (χ2n) is 7.34. The van der Waals surface area contributed by atoms with Crippen molar-refractivity contribution in [2.24, 2.45) is 0 Å². The molecule has 1 aromatic heterocycles. The van der Waals surface area contributed by atoms with Crippen LogP contribution in [0.4, 0.5) is 0 Å². The molecule has 0 aliphatic carbocycles. The Labute approximate surface area is 196 Å². The molecule has 166 valence electrons. The first-order valence-corrected chi connectivity index (χ1v) is 10.9. The number of halogens is 2. The van der Waals surface area contributed by atoms with Crippen molar-refractivity contribution < 1.29 is 14.1 Å². The van der Waals surface area contributed by atoms with E-state index in [4.69, 9.17) is 32.5 Å². The maximum atomic E-state index is 12.5. The van der Waals surface area contributed by atoms with Crippen molar-refractivity contribution in [2.75, 3.05) is 33.3 Å². The number of benzene rings is 2. The largest absolute Gasteiger partial charge is 0.497 e. The Morgan fingerprint density at radius 2 is 1.88 bits per heavy atom. The zero-order valence-corrected chi connectivity index (χ0v) is 19.0. The van der Waals surface area contributed by atoms with Crippen LogP contribution in [0, 0.1) is 0 Å². The molecule has 0 saturated carbocycles. The first-order valence-electron chi connectivity index (χ1n) is 10.1. The highest BCUT2D eigenvalue weighted by Crippen LogP contribution is 2.22. The number of hydrogen-bond donors (Lipinski definition) is 0. The zero-order valence-electron chi connectivity index (χ0n) is 17.5. The van der Waals surface area contributed by atoms with Crippen LogP contribution >= 0.6 is 23.2 Å². The molecular weight excluding hydrogens is 451 g/mol. The SMILES string of the molecule is COc1ccc(-c2noc(CN3CCN(C(=O)C=Cc4ccc(Cl)cc4Cl)CC3)n2)cc1. The Balaban J connectivity index is 1.29. The zero-order chi connectivity index (χ0) is 22.5. The fourth-order valence-electron chi connectivity index (χ4n) is 3.40. The molecule has 2 aromatic carbocycles. The number of hydrogen-bond acceptors (Lipinski definition) is 6. The van der Waals surface area contributed by atoms with E-state index in [1.54, 1.807) is 37.5 Å². The molecule has 1 aliphatic heterocycles. The molecule has 1 amide bonds. The van der Waals surface area contributed by atoms with Gasteiger partial charge in [-0.05, 0) is 48.0 Å². The molecule has 1 aliphatic rings. The average molecular weight is 473 g/mol. The molecule has 1 saturated heterocycles. The predicted molar refractivity (Wildman–Crippen MR) is 124 cm³/mol. The van der Waals surface area contributed by atoms with Crippen LogP contribution in [0.1, 0.15) is 11.5 Å². The van der Waals surface area contributed by atoms with Crippen LogP contribution in [0.2, 0.25) is 10.0 Å². The lowest BCUT2D eigenvalue weighted by Crippen LogP contribution is -2.47. The summed E-state index contributed by atoms with van der Waals surface area (Å²) in [5, 5.41) is 5.15. The molecule has 2 heterocycles. The van der Waals surface area contributed by atoms with Gasteiger partial charge in [-0.2, -0.15) is 4.98 Å². The smallest absolute Gasteiger partial charge is 0.246 e. The lowest BCUT2D eigenvalue weighted by molar-refractivity contribution is -0.127. The van der Waals surface area contributed by atoms with E-state index in [2.05, 4.69) is 15.0 Å². The molecule has 0 atom stereocenters. The highest BCUT2D eigenvalue weighted by molar-refractivity contribution is 6.35. The fourth-order valence-corrected chi connectivity index (χ4v) is 3.87. The molecule has 3 aromatic rings. The van der Waals surface area contributed by atoms with Crippen LogP contribution in [-0.4, -0.2) is 59.1 Å². The van der Waals surface area contributed by atoms with Crippen molar-refractivity contribution in [2.45, 2.75) is 6.54 Å². The van der Waals surface area contributed by atoms with Gasteiger partial charge in [-0.15, -0.1) is 0 Å². The van der Waals surface area contributed by atoms with Gasteiger partial charge in [-0.1, -0.05) is 34.4 Å². The number of carbonyl (C=O) groups excluding carboxylic acids is 1. The van der Waals surface area contributed by atoms with Gasteiger partial charge in [0.1, 0.15) is 5.75 Å². The van der Waals surface area contributed by atoms with E-state index >= 15 is 0 Å². The Morgan fingerprint density at radius 1 is 1.12 bits per heavy atom. The molecule has 0 spiro atoms. The highest BCUT2D eigenvalue weighted by atomic mass is 35.5.